The quantitative estimate of drug-likeness (QED) is 0.629. The molecule has 0 aliphatic rings. The van der Waals surface area contributed by atoms with Crippen LogP contribution in [0.15, 0.2) is 18.2 Å². The Balaban J connectivity index is 2.89. The highest BCUT2D eigenvalue weighted by atomic mass is 127. The highest BCUT2D eigenvalue weighted by Crippen LogP contribution is 2.28. The molecule has 1 atom stereocenters. The van der Waals surface area contributed by atoms with Crippen molar-refractivity contribution in [1.82, 2.24) is 0 Å². The minimum absolute atomic E-state index is 0.630. The third-order valence-electron chi connectivity index (χ3n) is 1.96. The second-order valence-electron chi connectivity index (χ2n) is 3.17. The van der Waals surface area contributed by atoms with E-state index in [1.807, 2.05) is 12.1 Å². The van der Waals surface area contributed by atoms with E-state index in [0.717, 1.165) is 17.9 Å². The first-order chi connectivity index (χ1) is 6.67. The van der Waals surface area contributed by atoms with Crippen LogP contribution < -0.4 is 9.47 Å². The van der Waals surface area contributed by atoms with E-state index >= 15 is 0 Å². The monoisotopic (exact) mass is 306 g/mol. The smallest absolute Gasteiger partial charge is 0.160 e. The van der Waals surface area contributed by atoms with Crippen molar-refractivity contribution in [2.75, 3.05) is 14.2 Å². The Morgan fingerprint density at radius 2 is 1.86 bits per heavy atom. The fraction of sp³-hybridized carbons (Fsp3) is 0.455. The molecular formula is C11H15IO2. The van der Waals surface area contributed by atoms with Gasteiger partial charge >= 0.3 is 0 Å². The standard InChI is InChI=1S/C11H15IO2/c1-8(12)6-9-4-5-10(13-2)11(7-9)14-3/h4-5,7-8H,6H2,1-3H3/t8-/m1/s1. The third-order valence-corrected chi connectivity index (χ3v) is 2.41. The van der Waals surface area contributed by atoms with Gasteiger partial charge in [-0.15, -0.1) is 0 Å². The maximum absolute atomic E-state index is 5.23. The molecule has 0 radical (unpaired) electrons. The van der Waals surface area contributed by atoms with Crippen molar-refractivity contribution in [2.24, 2.45) is 0 Å². The molecule has 0 saturated carbocycles. The molecule has 0 fully saturated rings. The summed E-state index contributed by atoms with van der Waals surface area (Å²) in [7, 11) is 3.31. The number of hydrogen-bond donors (Lipinski definition) is 0. The number of rotatable bonds is 4. The van der Waals surface area contributed by atoms with Gasteiger partial charge in [-0.3, -0.25) is 0 Å². The van der Waals surface area contributed by atoms with Crippen molar-refractivity contribution in [3.05, 3.63) is 23.8 Å². The van der Waals surface area contributed by atoms with Crippen molar-refractivity contribution in [3.63, 3.8) is 0 Å². The number of halogens is 1. The first-order valence-electron chi connectivity index (χ1n) is 4.52. The molecule has 0 amide bonds. The zero-order valence-electron chi connectivity index (χ0n) is 8.71. The molecule has 1 rings (SSSR count). The van der Waals surface area contributed by atoms with Crippen LogP contribution in [0, 0.1) is 0 Å². The third kappa shape index (κ3) is 3.04. The van der Waals surface area contributed by atoms with Gasteiger partial charge in [0, 0.05) is 3.92 Å². The van der Waals surface area contributed by atoms with Crippen LogP contribution in [0.2, 0.25) is 0 Å². The van der Waals surface area contributed by atoms with Crippen LogP contribution in [0.3, 0.4) is 0 Å². The van der Waals surface area contributed by atoms with E-state index in [0.29, 0.717) is 3.92 Å². The Hall–Kier alpha value is -0.450. The summed E-state index contributed by atoms with van der Waals surface area (Å²) in [5.74, 6) is 1.60. The van der Waals surface area contributed by atoms with E-state index in [2.05, 4.69) is 35.6 Å². The van der Waals surface area contributed by atoms with Crippen LogP contribution in [0.1, 0.15) is 12.5 Å². The number of methoxy groups -OCH3 is 2. The lowest BCUT2D eigenvalue weighted by Gasteiger charge is -2.10. The Morgan fingerprint density at radius 1 is 1.21 bits per heavy atom. The zero-order valence-corrected chi connectivity index (χ0v) is 10.9. The second kappa shape index (κ2) is 5.44. The summed E-state index contributed by atoms with van der Waals surface area (Å²) in [4.78, 5) is 0. The number of ether oxygens (including phenoxy) is 2. The lowest BCUT2D eigenvalue weighted by atomic mass is 10.1. The summed E-state index contributed by atoms with van der Waals surface area (Å²) in [6, 6.07) is 6.07. The lowest BCUT2D eigenvalue weighted by Crippen LogP contribution is -1.98. The largest absolute Gasteiger partial charge is 0.493 e. The molecule has 0 unspecified atom stereocenters. The summed E-state index contributed by atoms with van der Waals surface area (Å²) in [5, 5.41) is 0. The highest BCUT2D eigenvalue weighted by molar-refractivity contribution is 14.1. The molecule has 3 heteroatoms. The van der Waals surface area contributed by atoms with Gasteiger partial charge in [0.15, 0.2) is 11.5 Å². The molecule has 0 aromatic heterocycles. The average molecular weight is 306 g/mol. The number of alkyl halides is 1. The minimum atomic E-state index is 0.630. The molecule has 0 saturated heterocycles. The predicted octanol–water partition coefficient (Wildman–Crippen LogP) is 3.07. The van der Waals surface area contributed by atoms with Crippen molar-refractivity contribution in [2.45, 2.75) is 17.3 Å². The van der Waals surface area contributed by atoms with Gasteiger partial charge in [0.05, 0.1) is 14.2 Å². The predicted molar refractivity (Wildman–Crippen MR) is 66.7 cm³/mol. The Labute approximate surface area is 98.7 Å². The van der Waals surface area contributed by atoms with Crippen LogP contribution in [-0.2, 0) is 6.42 Å². The van der Waals surface area contributed by atoms with Gasteiger partial charge in [0.25, 0.3) is 0 Å². The molecule has 0 aliphatic heterocycles. The van der Waals surface area contributed by atoms with Gasteiger partial charge < -0.3 is 9.47 Å². The van der Waals surface area contributed by atoms with Crippen LogP contribution in [0.5, 0.6) is 11.5 Å². The van der Waals surface area contributed by atoms with Crippen molar-refractivity contribution in [3.8, 4) is 11.5 Å². The van der Waals surface area contributed by atoms with Gasteiger partial charge in [0.2, 0.25) is 0 Å². The number of hydrogen-bond acceptors (Lipinski definition) is 2. The molecule has 78 valence electrons. The highest BCUT2D eigenvalue weighted by Gasteiger charge is 2.05. The molecule has 0 spiro atoms. The van der Waals surface area contributed by atoms with Crippen LogP contribution >= 0.6 is 22.6 Å². The second-order valence-corrected chi connectivity index (χ2v) is 5.30. The topological polar surface area (TPSA) is 18.5 Å². The number of benzene rings is 1. The van der Waals surface area contributed by atoms with Crippen molar-refractivity contribution >= 4 is 22.6 Å². The summed E-state index contributed by atoms with van der Waals surface area (Å²) < 4.78 is 11.0. The Kier molecular flexibility index (Phi) is 4.51. The van der Waals surface area contributed by atoms with E-state index in [9.17, 15) is 0 Å². The van der Waals surface area contributed by atoms with E-state index in [1.165, 1.54) is 5.56 Å². The first kappa shape index (κ1) is 11.6. The van der Waals surface area contributed by atoms with Crippen molar-refractivity contribution < 1.29 is 9.47 Å². The molecule has 2 nitrogen and oxygen atoms in total. The molecule has 0 aliphatic carbocycles. The normalized spacial score (nSPS) is 12.3. The van der Waals surface area contributed by atoms with E-state index in [1.54, 1.807) is 14.2 Å². The van der Waals surface area contributed by atoms with Gasteiger partial charge in [-0.05, 0) is 24.1 Å². The zero-order chi connectivity index (χ0) is 10.6. The molecule has 0 bridgehead atoms. The lowest BCUT2D eigenvalue weighted by molar-refractivity contribution is 0.354. The van der Waals surface area contributed by atoms with Gasteiger partial charge in [-0.25, -0.2) is 0 Å². The van der Waals surface area contributed by atoms with Gasteiger partial charge in [-0.2, -0.15) is 0 Å². The van der Waals surface area contributed by atoms with Crippen molar-refractivity contribution in [1.29, 1.82) is 0 Å². The van der Waals surface area contributed by atoms with Crippen LogP contribution in [0.4, 0.5) is 0 Å². The maximum Gasteiger partial charge on any atom is 0.160 e. The van der Waals surface area contributed by atoms with E-state index in [4.69, 9.17) is 9.47 Å². The van der Waals surface area contributed by atoms with Crippen LogP contribution in [0.25, 0.3) is 0 Å². The van der Waals surface area contributed by atoms with Gasteiger partial charge in [-0.1, -0.05) is 35.6 Å². The molecule has 14 heavy (non-hydrogen) atoms. The molecule has 1 aromatic rings. The summed E-state index contributed by atoms with van der Waals surface area (Å²) >= 11 is 2.42. The Morgan fingerprint density at radius 3 is 2.36 bits per heavy atom. The first-order valence-corrected chi connectivity index (χ1v) is 5.77. The molecule has 0 heterocycles. The SMILES string of the molecule is COc1ccc(C[C@@H](C)I)cc1OC. The summed E-state index contributed by atoms with van der Waals surface area (Å²) in [5.41, 5.74) is 1.28. The molecule has 0 N–H and O–H groups in total. The van der Waals surface area contributed by atoms with Gasteiger partial charge in [0.1, 0.15) is 0 Å². The molecular weight excluding hydrogens is 291 g/mol. The van der Waals surface area contributed by atoms with Crippen LogP contribution in [-0.4, -0.2) is 18.1 Å². The fourth-order valence-electron chi connectivity index (χ4n) is 1.33. The average Bonchev–Trinajstić information content (AvgIpc) is 2.16. The molecule has 1 aromatic carbocycles. The fourth-order valence-corrected chi connectivity index (χ4v) is 1.84. The van der Waals surface area contributed by atoms with E-state index in [-0.39, 0.29) is 0 Å². The summed E-state index contributed by atoms with van der Waals surface area (Å²) in [6.45, 7) is 2.19. The van der Waals surface area contributed by atoms with E-state index < -0.39 is 0 Å². The Bertz CT molecular complexity index is 297. The maximum atomic E-state index is 5.23. The minimum Gasteiger partial charge on any atom is -0.493 e. The summed E-state index contributed by atoms with van der Waals surface area (Å²) in [6.07, 6.45) is 1.06.